The average Bonchev–Trinajstić information content (AvgIpc) is 2.76. The normalized spacial score (nSPS) is 18.5. The number of hydrogen-bond donors (Lipinski definition) is 1. The van der Waals surface area contributed by atoms with E-state index in [1.807, 2.05) is 36.5 Å². The van der Waals surface area contributed by atoms with Gasteiger partial charge >= 0.3 is 0 Å². The average molecular weight is 274 g/mol. The number of benzene rings is 1. The molecule has 0 saturated heterocycles. The Morgan fingerprint density at radius 1 is 1.32 bits per heavy atom. The zero-order chi connectivity index (χ0) is 13.2. The molecule has 1 aromatic heterocycles. The number of aromatic nitrogens is 1. The standard InChI is InChI=1S/C15H16ClN3/c16-12-5-4-11-9-19(15(8-17)14(11)7-12)10-13-3-1-2-6-18-13/h1-7,15H,8-10,17H2. The third-order valence-electron chi connectivity index (χ3n) is 3.60. The number of nitrogens with zero attached hydrogens (tertiary/aromatic N) is 2. The molecule has 2 heterocycles. The van der Waals surface area contributed by atoms with Gasteiger partial charge < -0.3 is 5.73 Å². The van der Waals surface area contributed by atoms with Gasteiger partial charge in [-0.1, -0.05) is 23.7 Å². The molecule has 1 unspecified atom stereocenters. The fraction of sp³-hybridized carbons (Fsp3) is 0.267. The highest BCUT2D eigenvalue weighted by atomic mass is 35.5. The molecule has 3 rings (SSSR count). The van der Waals surface area contributed by atoms with Gasteiger partial charge in [0.15, 0.2) is 0 Å². The van der Waals surface area contributed by atoms with Crippen LogP contribution >= 0.6 is 11.6 Å². The summed E-state index contributed by atoms with van der Waals surface area (Å²) in [7, 11) is 0. The maximum Gasteiger partial charge on any atom is 0.0544 e. The van der Waals surface area contributed by atoms with Crippen molar-refractivity contribution in [2.75, 3.05) is 6.54 Å². The number of halogens is 1. The lowest BCUT2D eigenvalue weighted by molar-refractivity contribution is 0.208. The van der Waals surface area contributed by atoms with Crippen molar-refractivity contribution in [1.82, 2.24) is 9.88 Å². The van der Waals surface area contributed by atoms with E-state index in [1.54, 1.807) is 0 Å². The SMILES string of the molecule is NCC1c2cc(Cl)ccc2CN1Cc1ccccn1. The van der Waals surface area contributed by atoms with E-state index in [2.05, 4.69) is 16.0 Å². The van der Waals surface area contributed by atoms with Crippen LogP contribution in [-0.4, -0.2) is 16.4 Å². The maximum atomic E-state index is 6.08. The maximum absolute atomic E-state index is 6.08. The van der Waals surface area contributed by atoms with E-state index in [4.69, 9.17) is 17.3 Å². The Balaban J connectivity index is 1.85. The molecular weight excluding hydrogens is 258 g/mol. The Morgan fingerprint density at radius 3 is 2.95 bits per heavy atom. The third kappa shape index (κ3) is 2.50. The Labute approximate surface area is 118 Å². The van der Waals surface area contributed by atoms with Crippen molar-refractivity contribution in [2.24, 2.45) is 5.73 Å². The lowest BCUT2D eigenvalue weighted by Gasteiger charge is -2.23. The molecule has 2 N–H and O–H groups in total. The molecule has 0 bridgehead atoms. The van der Waals surface area contributed by atoms with Crippen molar-refractivity contribution in [3.8, 4) is 0 Å². The van der Waals surface area contributed by atoms with Crippen molar-refractivity contribution in [2.45, 2.75) is 19.1 Å². The molecule has 0 saturated carbocycles. The number of pyridine rings is 1. The second-order valence-electron chi connectivity index (χ2n) is 4.82. The highest BCUT2D eigenvalue weighted by molar-refractivity contribution is 6.30. The first-order chi connectivity index (χ1) is 9.28. The van der Waals surface area contributed by atoms with Gasteiger partial charge in [0, 0.05) is 36.9 Å². The lowest BCUT2D eigenvalue weighted by Crippen LogP contribution is -2.27. The summed E-state index contributed by atoms with van der Waals surface area (Å²) in [5.74, 6) is 0. The fourth-order valence-corrected chi connectivity index (χ4v) is 2.87. The van der Waals surface area contributed by atoms with Gasteiger partial charge in [-0.2, -0.15) is 0 Å². The highest BCUT2D eigenvalue weighted by Gasteiger charge is 2.29. The minimum atomic E-state index is 0.232. The molecule has 0 radical (unpaired) electrons. The molecule has 2 aromatic rings. The topological polar surface area (TPSA) is 42.1 Å². The summed E-state index contributed by atoms with van der Waals surface area (Å²) < 4.78 is 0. The minimum absolute atomic E-state index is 0.232. The molecule has 0 fully saturated rings. The molecule has 0 amide bonds. The number of fused-ring (bicyclic) bond motifs is 1. The van der Waals surface area contributed by atoms with Crippen molar-refractivity contribution in [3.63, 3.8) is 0 Å². The molecule has 4 heteroatoms. The minimum Gasteiger partial charge on any atom is -0.329 e. The van der Waals surface area contributed by atoms with E-state index in [0.29, 0.717) is 6.54 Å². The monoisotopic (exact) mass is 273 g/mol. The van der Waals surface area contributed by atoms with Crippen LogP contribution in [0.2, 0.25) is 5.02 Å². The van der Waals surface area contributed by atoms with Gasteiger partial charge in [-0.25, -0.2) is 0 Å². The van der Waals surface area contributed by atoms with Crippen LogP contribution in [0, 0.1) is 0 Å². The van der Waals surface area contributed by atoms with E-state index >= 15 is 0 Å². The molecule has 1 aromatic carbocycles. The van der Waals surface area contributed by atoms with Gasteiger partial charge in [-0.15, -0.1) is 0 Å². The zero-order valence-corrected chi connectivity index (χ0v) is 11.3. The number of nitrogens with two attached hydrogens (primary N) is 1. The summed E-state index contributed by atoms with van der Waals surface area (Å²) >= 11 is 6.08. The lowest BCUT2D eigenvalue weighted by atomic mass is 10.1. The van der Waals surface area contributed by atoms with Crippen LogP contribution in [0.3, 0.4) is 0 Å². The molecule has 19 heavy (non-hydrogen) atoms. The van der Waals surface area contributed by atoms with Crippen LogP contribution in [0.1, 0.15) is 22.9 Å². The molecule has 1 aliphatic heterocycles. The van der Waals surface area contributed by atoms with Crippen molar-refractivity contribution in [1.29, 1.82) is 0 Å². The predicted octanol–water partition coefficient (Wildman–Crippen LogP) is 2.75. The summed E-state index contributed by atoms with van der Waals surface area (Å²) in [5.41, 5.74) is 9.58. The van der Waals surface area contributed by atoms with Crippen LogP contribution in [0.15, 0.2) is 42.6 Å². The fourth-order valence-electron chi connectivity index (χ4n) is 2.69. The van der Waals surface area contributed by atoms with E-state index in [1.165, 1.54) is 11.1 Å². The molecule has 0 aliphatic carbocycles. The first kappa shape index (κ1) is 12.6. The number of hydrogen-bond acceptors (Lipinski definition) is 3. The third-order valence-corrected chi connectivity index (χ3v) is 3.83. The van der Waals surface area contributed by atoms with E-state index in [-0.39, 0.29) is 6.04 Å². The van der Waals surface area contributed by atoms with Gasteiger partial charge in [-0.05, 0) is 35.4 Å². The van der Waals surface area contributed by atoms with Gasteiger partial charge in [0.2, 0.25) is 0 Å². The smallest absolute Gasteiger partial charge is 0.0544 e. The second-order valence-corrected chi connectivity index (χ2v) is 5.26. The molecule has 0 spiro atoms. The molecular formula is C15H16ClN3. The van der Waals surface area contributed by atoms with Crippen molar-refractivity contribution in [3.05, 3.63) is 64.4 Å². The molecule has 3 nitrogen and oxygen atoms in total. The predicted molar refractivity (Wildman–Crippen MR) is 76.7 cm³/mol. The zero-order valence-electron chi connectivity index (χ0n) is 10.6. The quantitative estimate of drug-likeness (QED) is 0.935. The van der Waals surface area contributed by atoms with Gasteiger partial charge in [-0.3, -0.25) is 9.88 Å². The van der Waals surface area contributed by atoms with E-state index < -0.39 is 0 Å². The second kappa shape index (κ2) is 5.29. The first-order valence-corrected chi connectivity index (χ1v) is 6.78. The van der Waals surface area contributed by atoms with E-state index in [0.717, 1.165) is 23.8 Å². The summed E-state index contributed by atoms with van der Waals surface area (Å²) in [4.78, 5) is 6.73. The van der Waals surface area contributed by atoms with Gasteiger partial charge in [0.1, 0.15) is 0 Å². The number of rotatable bonds is 3. The summed E-state index contributed by atoms with van der Waals surface area (Å²) in [6.45, 7) is 2.32. The molecule has 1 atom stereocenters. The Kier molecular flexibility index (Phi) is 3.51. The Morgan fingerprint density at radius 2 is 2.21 bits per heavy atom. The highest BCUT2D eigenvalue weighted by Crippen LogP contribution is 2.35. The van der Waals surface area contributed by atoms with E-state index in [9.17, 15) is 0 Å². The van der Waals surface area contributed by atoms with Crippen molar-refractivity contribution >= 4 is 11.6 Å². The molecule has 1 aliphatic rings. The summed E-state index contributed by atoms with van der Waals surface area (Å²) in [5, 5.41) is 0.775. The van der Waals surface area contributed by atoms with Crippen LogP contribution in [0.25, 0.3) is 0 Å². The molecule has 98 valence electrons. The Hall–Kier alpha value is -1.42. The van der Waals surface area contributed by atoms with Crippen LogP contribution in [0.5, 0.6) is 0 Å². The summed E-state index contributed by atoms with van der Waals surface area (Å²) in [6, 6.07) is 12.3. The van der Waals surface area contributed by atoms with Crippen molar-refractivity contribution < 1.29 is 0 Å². The first-order valence-electron chi connectivity index (χ1n) is 6.40. The van der Waals surface area contributed by atoms with Gasteiger partial charge in [0.05, 0.1) is 5.69 Å². The van der Waals surface area contributed by atoms with Gasteiger partial charge in [0.25, 0.3) is 0 Å². The summed E-state index contributed by atoms with van der Waals surface area (Å²) in [6.07, 6.45) is 1.83. The van der Waals surface area contributed by atoms with Crippen LogP contribution in [-0.2, 0) is 13.1 Å². The van der Waals surface area contributed by atoms with Crippen LogP contribution in [0.4, 0.5) is 0 Å². The largest absolute Gasteiger partial charge is 0.329 e. The Bertz CT molecular complexity index is 571. The van der Waals surface area contributed by atoms with Crippen LogP contribution < -0.4 is 5.73 Å².